The molecule has 0 aliphatic heterocycles. The highest BCUT2D eigenvalue weighted by Gasteiger charge is 2.10. The second-order valence-corrected chi connectivity index (χ2v) is 6.71. The van der Waals surface area contributed by atoms with Gasteiger partial charge in [-0.2, -0.15) is 0 Å². The lowest BCUT2D eigenvalue weighted by Crippen LogP contribution is -2.43. The quantitative estimate of drug-likeness (QED) is 0.350. The third-order valence-corrected chi connectivity index (χ3v) is 4.47. The molecule has 2 aromatic rings. The van der Waals surface area contributed by atoms with Crippen molar-refractivity contribution in [1.82, 2.24) is 15.5 Å². The van der Waals surface area contributed by atoms with Crippen LogP contribution in [0.4, 0.5) is 0 Å². The number of guanidine groups is 1. The fourth-order valence-electron chi connectivity index (χ4n) is 2.72. The number of aliphatic imine (C=N–C) groups is 1. The van der Waals surface area contributed by atoms with Crippen LogP contribution in [0.1, 0.15) is 36.6 Å². The van der Waals surface area contributed by atoms with Crippen molar-refractivity contribution in [1.29, 1.82) is 0 Å². The Hall–Kier alpha value is -2.09. The molecule has 1 amide bonds. The van der Waals surface area contributed by atoms with Crippen LogP contribution < -0.4 is 10.6 Å². The van der Waals surface area contributed by atoms with Gasteiger partial charge < -0.3 is 15.5 Å². The van der Waals surface area contributed by atoms with E-state index in [1.165, 1.54) is 16.7 Å². The highest BCUT2D eigenvalue weighted by atomic mass is 127. The number of aryl methyl sites for hydroxylation is 1. The largest absolute Gasteiger partial charge is 0.350 e. The number of rotatable bonds is 7. The van der Waals surface area contributed by atoms with Gasteiger partial charge in [-0.25, -0.2) is 4.99 Å². The molecule has 0 aliphatic rings. The van der Waals surface area contributed by atoms with Crippen molar-refractivity contribution in [3.8, 4) is 0 Å². The van der Waals surface area contributed by atoms with Crippen molar-refractivity contribution >= 4 is 35.8 Å². The van der Waals surface area contributed by atoms with Gasteiger partial charge in [0, 0.05) is 14.1 Å². The first-order valence-electron chi connectivity index (χ1n) is 9.38. The van der Waals surface area contributed by atoms with Crippen molar-refractivity contribution in [3.63, 3.8) is 0 Å². The summed E-state index contributed by atoms with van der Waals surface area (Å²) in [6.07, 6.45) is 0.974. The second-order valence-electron chi connectivity index (χ2n) is 6.71. The highest BCUT2D eigenvalue weighted by Crippen LogP contribution is 2.12. The van der Waals surface area contributed by atoms with E-state index in [4.69, 9.17) is 4.99 Å². The molecule has 0 aromatic heterocycles. The molecule has 2 aromatic carbocycles. The Labute approximate surface area is 185 Å². The van der Waals surface area contributed by atoms with Crippen LogP contribution in [0.3, 0.4) is 0 Å². The lowest BCUT2D eigenvalue weighted by atomic mass is 10.1. The maximum absolute atomic E-state index is 12.0. The second kappa shape index (κ2) is 12.4. The summed E-state index contributed by atoms with van der Waals surface area (Å²) in [5.41, 5.74) is 3.66. The molecular formula is C22H31IN4O. The number of benzene rings is 2. The van der Waals surface area contributed by atoms with Gasteiger partial charge in [-0.3, -0.25) is 4.79 Å². The van der Waals surface area contributed by atoms with Gasteiger partial charge in [0.15, 0.2) is 5.96 Å². The summed E-state index contributed by atoms with van der Waals surface area (Å²) in [6, 6.07) is 18.6. The molecule has 5 nitrogen and oxygen atoms in total. The van der Waals surface area contributed by atoms with Crippen LogP contribution in [-0.2, 0) is 17.8 Å². The average molecular weight is 494 g/mol. The Bertz CT molecular complexity index is 762. The van der Waals surface area contributed by atoms with Crippen LogP contribution in [0.5, 0.6) is 0 Å². The minimum Gasteiger partial charge on any atom is -0.350 e. The van der Waals surface area contributed by atoms with E-state index >= 15 is 0 Å². The van der Waals surface area contributed by atoms with Crippen LogP contribution in [-0.4, -0.2) is 37.4 Å². The first-order chi connectivity index (χ1) is 13.0. The van der Waals surface area contributed by atoms with Crippen molar-refractivity contribution in [2.45, 2.75) is 32.9 Å². The van der Waals surface area contributed by atoms with E-state index < -0.39 is 0 Å². The summed E-state index contributed by atoms with van der Waals surface area (Å²) in [6.45, 7) is 5.00. The van der Waals surface area contributed by atoms with E-state index in [2.05, 4.69) is 54.8 Å². The normalized spacial score (nSPS) is 11.9. The zero-order valence-corrected chi connectivity index (χ0v) is 19.4. The lowest BCUT2D eigenvalue weighted by molar-refractivity contribution is -0.127. The molecule has 0 spiro atoms. The standard InChI is InChI=1S/C22H30N4O.HI/c1-5-18-11-9-10-14-20(18)15-23-22(24-16-21(27)26(3)4)25-17(2)19-12-7-6-8-13-19;/h6-14,17H,5,15-16H2,1-4H3,(H2,23,24,25);1H. The van der Waals surface area contributed by atoms with E-state index in [9.17, 15) is 4.79 Å². The van der Waals surface area contributed by atoms with Crippen LogP contribution in [0.15, 0.2) is 59.6 Å². The van der Waals surface area contributed by atoms with Gasteiger partial charge in [0.2, 0.25) is 5.91 Å². The molecule has 0 saturated heterocycles. The number of hydrogen-bond donors (Lipinski definition) is 2. The molecule has 0 radical (unpaired) electrons. The van der Waals surface area contributed by atoms with Gasteiger partial charge >= 0.3 is 0 Å². The third-order valence-electron chi connectivity index (χ3n) is 4.47. The first kappa shape index (κ1) is 23.9. The maximum atomic E-state index is 12.0. The van der Waals surface area contributed by atoms with Gasteiger partial charge in [-0.1, -0.05) is 61.5 Å². The molecule has 28 heavy (non-hydrogen) atoms. The van der Waals surface area contributed by atoms with Gasteiger partial charge in [0.25, 0.3) is 0 Å². The number of halogens is 1. The number of hydrogen-bond acceptors (Lipinski definition) is 2. The summed E-state index contributed by atoms with van der Waals surface area (Å²) >= 11 is 0. The summed E-state index contributed by atoms with van der Waals surface area (Å²) < 4.78 is 0. The molecule has 0 heterocycles. The number of amides is 1. The topological polar surface area (TPSA) is 56.7 Å². The fourth-order valence-corrected chi connectivity index (χ4v) is 2.72. The summed E-state index contributed by atoms with van der Waals surface area (Å²) in [5.74, 6) is 0.637. The number of likely N-dealkylation sites (N-methyl/N-ethyl adjacent to an activating group) is 1. The molecular weight excluding hydrogens is 463 g/mol. The fraction of sp³-hybridized carbons (Fsp3) is 0.364. The predicted molar refractivity (Wildman–Crippen MR) is 127 cm³/mol. The monoisotopic (exact) mass is 494 g/mol. The van der Waals surface area contributed by atoms with E-state index in [1.54, 1.807) is 19.0 Å². The van der Waals surface area contributed by atoms with Crippen LogP contribution >= 0.6 is 24.0 Å². The SMILES string of the molecule is CCc1ccccc1CN=C(NCC(=O)N(C)C)NC(C)c1ccccc1.I. The lowest BCUT2D eigenvalue weighted by Gasteiger charge is -2.20. The highest BCUT2D eigenvalue weighted by molar-refractivity contribution is 14.0. The molecule has 0 aliphatic carbocycles. The minimum absolute atomic E-state index is 0. The van der Waals surface area contributed by atoms with Crippen molar-refractivity contribution < 1.29 is 4.79 Å². The van der Waals surface area contributed by atoms with Crippen molar-refractivity contribution in [3.05, 3.63) is 71.3 Å². The zero-order chi connectivity index (χ0) is 19.6. The van der Waals surface area contributed by atoms with Crippen molar-refractivity contribution in [2.24, 2.45) is 4.99 Å². The summed E-state index contributed by atoms with van der Waals surface area (Å²) in [4.78, 5) is 18.2. The average Bonchev–Trinajstić information content (AvgIpc) is 2.70. The molecule has 0 saturated carbocycles. The Morgan fingerprint density at radius 1 is 1.04 bits per heavy atom. The van der Waals surface area contributed by atoms with Crippen LogP contribution in [0, 0.1) is 0 Å². The Morgan fingerprint density at radius 2 is 1.64 bits per heavy atom. The van der Waals surface area contributed by atoms with Gasteiger partial charge in [0.05, 0.1) is 19.1 Å². The summed E-state index contributed by atoms with van der Waals surface area (Å²) in [5, 5.41) is 6.56. The minimum atomic E-state index is 0. The molecule has 1 unspecified atom stereocenters. The number of carbonyl (C=O) groups excluding carboxylic acids is 1. The van der Waals surface area contributed by atoms with E-state index in [0.717, 1.165) is 6.42 Å². The maximum Gasteiger partial charge on any atom is 0.241 e. The molecule has 2 rings (SSSR count). The first-order valence-corrected chi connectivity index (χ1v) is 9.38. The molecule has 152 valence electrons. The van der Waals surface area contributed by atoms with Crippen molar-refractivity contribution in [2.75, 3.05) is 20.6 Å². The van der Waals surface area contributed by atoms with Crippen LogP contribution in [0.2, 0.25) is 0 Å². The molecule has 0 fully saturated rings. The van der Waals surface area contributed by atoms with E-state index in [1.807, 2.05) is 24.3 Å². The third kappa shape index (κ3) is 7.50. The number of nitrogens with one attached hydrogen (secondary N) is 2. The number of carbonyl (C=O) groups is 1. The molecule has 1 atom stereocenters. The molecule has 2 N–H and O–H groups in total. The Balaban J connectivity index is 0.00000392. The number of nitrogens with zero attached hydrogens (tertiary/aromatic N) is 2. The van der Waals surface area contributed by atoms with E-state index in [0.29, 0.717) is 12.5 Å². The molecule has 0 bridgehead atoms. The summed E-state index contributed by atoms with van der Waals surface area (Å²) in [7, 11) is 3.50. The van der Waals surface area contributed by atoms with Gasteiger partial charge in [0.1, 0.15) is 0 Å². The van der Waals surface area contributed by atoms with Gasteiger partial charge in [-0.05, 0) is 30.0 Å². The predicted octanol–water partition coefficient (Wildman–Crippen LogP) is 3.75. The smallest absolute Gasteiger partial charge is 0.241 e. The Morgan fingerprint density at radius 3 is 2.25 bits per heavy atom. The Kier molecular flexibility index (Phi) is 10.6. The van der Waals surface area contributed by atoms with Gasteiger partial charge in [-0.15, -0.1) is 24.0 Å². The molecule has 6 heteroatoms. The van der Waals surface area contributed by atoms with E-state index in [-0.39, 0.29) is 42.5 Å². The van der Waals surface area contributed by atoms with Crippen LogP contribution in [0.25, 0.3) is 0 Å². The zero-order valence-electron chi connectivity index (χ0n) is 17.1.